The first-order valence-corrected chi connectivity index (χ1v) is 9.13. The van der Waals surface area contributed by atoms with Crippen LogP contribution in [-0.2, 0) is 19.1 Å². The molecule has 0 atom stereocenters. The van der Waals surface area contributed by atoms with Crippen molar-refractivity contribution < 1.29 is 23.9 Å². The smallest absolute Gasteiger partial charge is 0.325 e. The lowest BCUT2D eigenvalue weighted by Gasteiger charge is -2.19. The molecule has 1 aromatic carbocycles. The minimum Gasteiger partial charge on any atom is -0.456 e. The first-order valence-electron chi connectivity index (χ1n) is 8.75. The number of amides is 4. The van der Waals surface area contributed by atoms with Gasteiger partial charge in [-0.1, -0.05) is 36.6 Å². The fourth-order valence-electron chi connectivity index (χ4n) is 3.37. The molecule has 2 N–H and O–H groups in total. The number of benzene rings is 1. The number of halogens is 1. The van der Waals surface area contributed by atoms with Crippen molar-refractivity contribution in [2.24, 2.45) is 0 Å². The molecule has 0 bridgehead atoms. The summed E-state index contributed by atoms with van der Waals surface area (Å²) in [5, 5.41) is 5.65. The van der Waals surface area contributed by atoms with Crippen LogP contribution >= 0.6 is 11.6 Å². The normalized spacial score (nSPS) is 17.9. The number of ether oxygens (including phenoxy) is 1. The lowest BCUT2D eigenvalue weighted by Crippen LogP contribution is -2.44. The zero-order valence-corrected chi connectivity index (χ0v) is 15.4. The third-order valence-corrected chi connectivity index (χ3v) is 5.08. The average Bonchev–Trinajstić information content (AvgIpc) is 3.19. The van der Waals surface area contributed by atoms with Gasteiger partial charge in [-0.3, -0.25) is 19.3 Å². The SMILES string of the molecule is O=C(COC(=O)CCN1C(=O)NC2(CCCC2)C1=O)Nc1ccccc1Cl. The van der Waals surface area contributed by atoms with Gasteiger partial charge in [0.05, 0.1) is 17.1 Å². The third kappa shape index (κ3) is 4.21. The molecule has 0 aromatic heterocycles. The maximum absolute atomic E-state index is 12.5. The number of nitrogens with one attached hydrogen (secondary N) is 2. The second kappa shape index (κ2) is 7.96. The van der Waals surface area contributed by atoms with Crippen LogP contribution in [0, 0.1) is 0 Å². The zero-order chi connectivity index (χ0) is 19.4. The van der Waals surface area contributed by atoms with Crippen LogP contribution in [0.15, 0.2) is 24.3 Å². The van der Waals surface area contributed by atoms with E-state index >= 15 is 0 Å². The number of nitrogens with zero attached hydrogens (tertiary/aromatic N) is 1. The van der Waals surface area contributed by atoms with Gasteiger partial charge in [0.15, 0.2) is 6.61 Å². The van der Waals surface area contributed by atoms with Crippen molar-refractivity contribution in [3.05, 3.63) is 29.3 Å². The molecule has 0 unspecified atom stereocenters. The Kier molecular flexibility index (Phi) is 5.65. The standard InChI is InChI=1S/C18H20ClN3O5/c19-12-5-1-2-6-13(12)20-14(23)11-27-15(24)7-10-22-16(25)18(21-17(22)26)8-3-4-9-18/h1-2,5-6H,3-4,7-11H2,(H,20,23)(H,21,26). The molecule has 8 nitrogen and oxygen atoms in total. The zero-order valence-electron chi connectivity index (χ0n) is 14.6. The van der Waals surface area contributed by atoms with Crippen molar-refractivity contribution in [3.63, 3.8) is 0 Å². The summed E-state index contributed by atoms with van der Waals surface area (Å²) in [5.74, 6) is -1.48. The van der Waals surface area contributed by atoms with Gasteiger partial charge in [0, 0.05) is 6.54 Å². The molecule has 1 aromatic rings. The highest BCUT2D eigenvalue weighted by atomic mass is 35.5. The molecule has 0 radical (unpaired) electrons. The van der Waals surface area contributed by atoms with Crippen LogP contribution in [-0.4, -0.2) is 47.4 Å². The highest BCUT2D eigenvalue weighted by molar-refractivity contribution is 6.33. The van der Waals surface area contributed by atoms with Crippen molar-refractivity contribution in [2.45, 2.75) is 37.6 Å². The fraction of sp³-hybridized carbons (Fsp3) is 0.444. The van der Waals surface area contributed by atoms with Crippen LogP contribution in [0.2, 0.25) is 5.02 Å². The van der Waals surface area contributed by atoms with Gasteiger partial charge in [-0.2, -0.15) is 0 Å². The Hall–Kier alpha value is -2.61. The number of carbonyl (C=O) groups excluding carboxylic acids is 4. The van der Waals surface area contributed by atoms with Gasteiger partial charge in [0.25, 0.3) is 11.8 Å². The highest BCUT2D eigenvalue weighted by Gasteiger charge is 2.52. The Morgan fingerprint density at radius 1 is 1.22 bits per heavy atom. The van der Waals surface area contributed by atoms with E-state index in [4.69, 9.17) is 16.3 Å². The third-order valence-electron chi connectivity index (χ3n) is 4.75. The fourth-order valence-corrected chi connectivity index (χ4v) is 3.55. The number of carbonyl (C=O) groups is 4. The number of para-hydroxylation sites is 1. The predicted molar refractivity (Wildman–Crippen MR) is 97.1 cm³/mol. The Bertz CT molecular complexity index is 776. The van der Waals surface area contributed by atoms with Crippen LogP contribution in [0.3, 0.4) is 0 Å². The summed E-state index contributed by atoms with van der Waals surface area (Å²) in [6, 6.07) is 6.20. The largest absolute Gasteiger partial charge is 0.456 e. The van der Waals surface area contributed by atoms with Gasteiger partial charge in [0.2, 0.25) is 0 Å². The van der Waals surface area contributed by atoms with E-state index < -0.39 is 30.1 Å². The summed E-state index contributed by atoms with van der Waals surface area (Å²) in [5.41, 5.74) is -0.378. The van der Waals surface area contributed by atoms with Crippen LogP contribution in [0.5, 0.6) is 0 Å². The molecule has 1 heterocycles. The molecular weight excluding hydrogens is 374 g/mol. The average molecular weight is 394 g/mol. The number of rotatable bonds is 6. The molecule has 1 spiro atoms. The summed E-state index contributed by atoms with van der Waals surface area (Å²) in [7, 11) is 0. The van der Waals surface area contributed by atoms with Gasteiger partial charge >= 0.3 is 12.0 Å². The van der Waals surface area contributed by atoms with E-state index in [-0.39, 0.29) is 18.9 Å². The van der Waals surface area contributed by atoms with E-state index in [1.54, 1.807) is 24.3 Å². The molecule has 2 aliphatic rings. The summed E-state index contributed by atoms with van der Waals surface area (Å²) in [4.78, 5) is 49.2. The monoisotopic (exact) mass is 393 g/mol. The summed E-state index contributed by atoms with van der Waals surface area (Å²) in [6.07, 6.45) is 2.86. The van der Waals surface area contributed by atoms with Crippen LogP contribution in [0.4, 0.5) is 10.5 Å². The number of imide groups is 1. The molecule has 9 heteroatoms. The van der Waals surface area contributed by atoms with Gasteiger partial charge in [-0.05, 0) is 25.0 Å². The second-order valence-corrected chi connectivity index (χ2v) is 7.02. The molecular formula is C18H20ClN3O5. The Morgan fingerprint density at radius 2 is 1.93 bits per heavy atom. The minimum absolute atomic E-state index is 0.0720. The van der Waals surface area contributed by atoms with Crippen molar-refractivity contribution >= 4 is 41.1 Å². The van der Waals surface area contributed by atoms with E-state index in [2.05, 4.69) is 10.6 Å². The Labute approximate surface area is 161 Å². The van der Waals surface area contributed by atoms with E-state index in [0.29, 0.717) is 23.6 Å². The molecule has 4 amide bonds. The summed E-state index contributed by atoms with van der Waals surface area (Å²) < 4.78 is 4.90. The lowest BCUT2D eigenvalue weighted by atomic mass is 9.98. The number of hydrogen-bond donors (Lipinski definition) is 2. The van der Waals surface area contributed by atoms with E-state index in [9.17, 15) is 19.2 Å². The van der Waals surface area contributed by atoms with Crippen molar-refractivity contribution in [2.75, 3.05) is 18.5 Å². The maximum atomic E-state index is 12.5. The van der Waals surface area contributed by atoms with Gasteiger partial charge in [0.1, 0.15) is 5.54 Å². The number of hydrogen-bond acceptors (Lipinski definition) is 5. The van der Waals surface area contributed by atoms with Crippen LogP contribution < -0.4 is 10.6 Å². The predicted octanol–water partition coefficient (Wildman–Crippen LogP) is 2.08. The van der Waals surface area contributed by atoms with E-state index in [1.807, 2.05) is 0 Å². The molecule has 144 valence electrons. The van der Waals surface area contributed by atoms with Crippen LogP contribution in [0.1, 0.15) is 32.1 Å². The molecule has 2 fully saturated rings. The number of esters is 1. The highest BCUT2D eigenvalue weighted by Crippen LogP contribution is 2.35. The van der Waals surface area contributed by atoms with Gasteiger partial charge in [-0.25, -0.2) is 4.79 Å². The Morgan fingerprint density at radius 3 is 2.63 bits per heavy atom. The first-order chi connectivity index (χ1) is 12.9. The molecule has 3 rings (SSSR count). The molecule has 1 aliphatic carbocycles. The van der Waals surface area contributed by atoms with Gasteiger partial charge < -0.3 is 15.4 Å². The molecule has 1 saturated heterocycles. The quantitative estimate of drug-likeness (QED) is 0.568. The van der Waals surface area contributed by atoms with Gasteiger partial charge in [-0.15, -0.1) is 0 Å². The minimum atomic E-state index is -0.796. The van der Waals surface area contributed by atoms with Crippen molar-refractivity contribution in [1.29, 1.82) is 0 Å². The molecule has 1 saturated carbocycles. The number of anilines is 1. The lowest BCUT2D eigenvalue weighted by molar-refractivity contribution is -0.147. The van der Waals surface area contributed by atoms with Crippen molar-refractivity contribution in [1.82, 2.24) is 10.2 Å². The van der Waals surface area contributed by atoms with Crippen LogP contribution in [0.25, 0.3) is 0 Å². The molecule has 1 aliphatic heterocycles. The van der Waals surface area contributed by atoms with E-state index in [1.165, 1.54) is 0 Å². The van der Waals surface area contributed by atoms with E-state index in [0.717, 1.165) is 17.7 Å². The summed E-state index contributed by atoms with van der Waals surface area (Å²) >= 11 is 5.93. The molecule has 27 heavy (non-hydrogen) atoms. The first kappa shape index (κ1) is 19.2. The summed E-state index contributed by atoms with van der Waals surface area (Å²) in [6.45, 7) is -0.550. The Balaban J connectivity index is 1.43. The second-order valence-electron chi connectivity index (χ2n) is 6.61. The number of urea groups is 1. The maximum Gasteiger partial charge on any atom is 0.325 e. The topological polar surface area (TPSA) is 105 Å². The van der Waals surface area contributed by atoms with Crippen molar-refractivity contribution in [3.8, 4) is 0 Å².